The van der Waals surface area contributed by atoms with Gasteiger partial charge in [-0.05, 0) is 49.1 Å². The zero-order chi connectivity index (χ0) is 23.3. The molecule has 0 heterocycles. The average Bonchev–Trinajstić information content (AvgIpc) is 2.77. The highest BCUT2D eigenvalue weighted by Crippen LogP contribution is 2.38. The van der Waals surface area contributed by atoms with Crippen molar-refractivity contribution >= 4 is 16.6 Å². The summed E-state index contributed by atoms with van der Waals surface area (Å²) in [6.45, 7) is 23.4. The van der Waals surface area contributed by atoms with Crippen molar-refractivity contribution in [3.63, 3.8) is 0 Å². The van der Waals surface area contributed by atoms with E-state index >= 15 is 0 Å². The molecule has 6 heteroatoms. The second-order valence-corrected chi connectivity index (χ2v) is 18.6. The lowest BCUT2D eigenvalue weighted by molar-refractivity contribution is -0.136. The van der Waals surface area contributed by atoms with Crippen LogP contribution < -0.4 is 0 Å². The quantitative estimate of drug-likeness (QED) is 0.114. The fraction of sp³-hybridized carbons (Fsp3) is 0.917. The molecule has 0 saturated carbocycles. The molecule has 0 N–H and O–H groups in total. The molecule has 0 bridgehead atoms. The van der Waals surface area contributed by atoms with Crippen molar-refractivity contribution in [1.29, 1.82) is 0 Å². The second-order valence-electron chi connectivity index (χ2n) is 9.14. The van der Waals surface area contributed by atoms with Crippen LogP contribution in [0.4, 0.5) is 0 Å². The molecular formula is C24H52O4Si2. The molecule has 0 spiro atoms. The topological polar surface area (TPSA) is 36.9 Å². The minimum absolute atomic E-state index is 0.00254. The molecule has 4 nitrogen and oxygen atoms in total. The van der Waals surface area contributed by atoms with Crippen molar-refractivity contribution in [3.05, 3.63) is 12.7 Å². The van der Waals surface area contributed by atoms with Gasteiger partial charge in [0.2, 0.25) is 0 Å². The van der Waals surface area contributed by atoms with E-state index in [1.54, 1.807) is 7.11 Å². The number of hydrogen-bond donors (Lipinski definition) is 0. The van der Waals surface area contributed by atoms with Crippen LogP contribution in [0, 0.1) is 5.41 Å². The molecule has 0 unspecified atom stereocenters. The van der Waals surface area contributed by atoms with Crippen molar-refractivity contribution < 1.29 is 18.3 Å². The smallest absolute Gasteiger partial charge is 0.192 e. The van der Waals surface area contributed by atoms with E-state index in [0.717, 1.165) is 37.6 Å². The van der Waals surface area contributed by atoms with Gasteiger partial charge in [0.25, 0.3) is 0 Å². The van der Waals surface area contributed by atoms with Crippen molar-refractivity contribution in [1.82, 2.24) is 0 Å². The predicted octanol–water partition coefficient (Wildman–Crippen LogP) is 7.38. The number of rotatable bonds is 19. The van der Waals surface area contributed by atoms with Crippen LogP contribution in [-0.4, -0.2) is 49.4 Å². The Labute approximate surface area is 190 Å². The summed E-state index contributed by atoms with van der Waals surface area (Å²) >= 11 is 0. The molecule has 30 heavy (non-hydrogen) atoms. The van der Waals surface area contributed by atoms with E-state index in [9.17, 15) is 0 Å². The summed E-state index contributed by atoms with van der Waals surface area (Å²) in [6, 6.07) is 7.00. The molecule has 180 valence electrons. The SMILES string of the molecule is C=CC[C@@H](OCOC)C(C)(C)[C@H](CCO[Si](CC)(CC)CC)O[Si](CC)(CC)CC. The molecular weight excluding hydrogens is 408 g/mol. The lowest BCUT2D eigenvalue weighted by Gasteiger charge is -2.45. The first kappa shape index (κ1) is 30.0. The highest BCUT2D eigenvalue weighted by molar-refractivity contribution is 6.74. The maximum Gasteiger partial charge on any atom is 0.192 e. The van der Waals surface area contributed by atoms with Crippen LogP contribution in [0.15, 0.2) is 12.7 Å². The monoisotopic (exact) mass is 460 g/mol. The maximum atomic E-state index is 7.09. The normalized spacial score (nSPS) is 15.2. The Balaban J connectivity index is 5.70. The average molecular weight is 461 g/mol. The molecule has 0 amide bonds. The van der Waals surface area contributed by atoms with Crippen LogP contribution >= 0.6 is 0 Å². The summed E-state index contributed by atoms with van der Waals surface area (Å²) in [7, 11) is -1.70. The van der Waals surface area contributed by atoms with Gasteiger partial charge in [-0.1, -0.05) is 61.5 Å². The molecule has 0 rings (SSSR count). The molecule has 0 aromatic rings. The van der Waals surface area contributed by atoms with E-state index in [0.29, 0.717) is 6.79 Å². The number of ether oxygens (including phenoxy) is 2. The third-order valence-electron chi connectivity index (χ3n) is 7.47. The zero-order valence-electron chi connectivity index (χ0n) is 21.6. The van der Waals surface area contributed by atoms with Crippen LogP contribution in [-0.2, 0) is 18.3 Å². The Morgan fingerprint density at radius 1 is 0.833 bits per heavy atom. The summed E-state index contributed by atoms with van der Waals surface area (Å²) in [4.78, 5) is 0. The Hall–Kier alpha value is 0.0138. The Bertz CT molecular complexity index is 432. The van der Waals surface area contributed by atoms with Gasteiger partial charge in [-0.15, -0.1) is 6.58 Å². The van der Waals surface area contributed by atoms with Gasteiger partial charge in [0.05, 0.1) is 12.2 Å². The molecule has 0 aromatic carbocycles. The molecule has 0 saturated heterocycles. The first-order valence-electron chi connectivity index (χ1n) is 12.2. The van der Waals surface area contributed by atoms with E-state index in [1.807, 2.05) is 6.08 Å². The van der Waals surface area contributed by atoms with Crippen LogP contribution in [0.1, 0.15) is 68.2 Å². The van der Waals surface area contributed by atoms with Crippen molar-refractivity contribution in [2.24, 2.45) is 5.41 Å². The first-order valence-corrected chi connectivity index (χ1v) is 17.3. The zero-order valence-corrected chi connectivity index (χ0v) is 23.6. The largest absolute Gasteiger partial charge is 0.417 e. The molecule has 0 aliphatic rings. The van der Waals surface area contributed by atoms with E-state index < -0.39 is 16.6 Å². The van der Waals surface area contributed by atoms with Gasteiger partial charge in [-0.2, -0.15) is 0 Å². The van der Waals surface area contributed by atoms with Crippen LogP contribution in [0.3, 0.4) is 0 Å². The summed E-state index contributed by atoms with van der Waals surface area (Å²) in [5, 5.41) is 0. The van der Waals surface area contributed by atoms with E-state index in [2.05, 4.69) is 62.0 Å². The van der Waals surface area contributed by atoms with Gasteiger partial charge >= 0.3 is 0 Å². The third-order valence-corrected chi connectivity index (χ3v) is 16.8. The minimum atomic E-state index is -1.77. The Kier molecular flexibility index (Phi) is 15.0. The number of hydrogen-bond acceptors (Lipinski definition) is 4. The standard InChI is InChI=1S/C24H52O4Si2/c1-11-18-22(26-21-25-10)24(8,9)23(28-30(15-5,16-6)17-7)19-20-27-29(12-2,13-3)14-4/h11,22-23H,1,12-21H2,2-10H3/t22-,23+/m1/s1. The molecule has 2 atom stereocenters. The lowest BCUT2D eigenvalue weighted by Crippen LogP contribution is -2.51. The van der Waals surface area contributed by atoms with Crippen LogP contribution in [0.5, 0.6) is 0 Å². The van der Waals surface area contributed by atoms with E-state index in [4.69, 9.17) is 18.3 Å². The van der Waals surface area contributed by atoms with Gasteiger partial charge < -0.3 is 18.3 Å². The maximum absolute atomic E-state index is 7.09. The fourth-order valence-corrected chi connectivity index (χ4v) is 10.1. The molecule has 0 aromatic heterocycles. The van der Waals surface area contributed by atoms with Crippen molar-refractivity contribution in [2.75, 3.05) is 20.5 Å². The van der Waals surface area contributed by atoms with Gasteiger partial charge in [0, 0.05) is 19.1 Å². The van der Waals surface area contributed by atoms with Gasteiger partial charge in [-0.25, -0.2) is 0 Å². The first-order chi connectivity index (χ1) is 14.2. The van der Waals surface area contributed by atoms with Gasteiger partial charge in [0.1, 0.15) is 6.79 Å². The van der Waals surface area contributed by atoms with E-state index in [1.165, 1.54) is 18.1 Å². The van der Waals surface area contributed by atoms with E-state index in [-0.39, 0.29) is 17.6 Å². The predicted molar refractivity (Wildman–Crippen MR) is 135 cm³/mol. The van der Waals surface area contributed by atoms with Crippen molar-refractivity contribution in [2.45, 2.75) is 117 Å². The van der Waals surface area contributed by atoms with Crippen LogP contribution in [0.25, 0.3) is 0 Å². The molecule has 0 fully saturated rings. The summed E-state index contributed by atoms with van der Waals surface area (Å²) in [6.07, 6.45) is 3.75. The van der Waals surface area contributed by atoms with Crippen LogP contribution in [0.2, 0.25) is 36.3 Å². The Morgan fingerprint density at radius 3 is 1.73 bits per heavy atom. The third kappa shape index (κ3) is 8.51. The minimum Gasteiger partial charge on any atom is -0.417 e. The molecule has 0 radical (unpaired) electrons. The van der Waals surface area contributed by atoms with Gasteiger partial charge in [-0.3, -0.25) is 0 Å². The summed E-state index contributed by atoms with van der Waals surface area (Å²) in [5.41, 5.74) is -0.164. The van der Waals surface area contributed by atoms with Gasteiger partial charge in [0.15, 0.2) is 16.6 Å². The summed E-state index contributed by atoms with van der Waals surface area (Å²) in [5.74, 6) is 0. The van der Waals surface area contributed by atoms with Crippen molar-refractivity contribution in [3.8, 4) is 0 Å². The summed E-state index contributed by atoms with van der Waals surface area (Å²) < 4.78 is 25.1. The highest BCUT2D eigenvalue weighted by Gasteiger charge is 2.43. The highest BCUT2D eigenvalue weighted by atomic mass is 28.4. The molecule has 0 aliphatic carbocycles. The second kappa shape index (κ2) is 15.0. The molecule has 0 aliphatic heterocycles. The lowest BCUT2D eigenvalue weighted by atomic mass is 9.78. The Morgan fingerprint density at radius 2 is 1.33 bits per heavy atom. The fourth-order valence-electron chi connectivity index (χ4n) is 4.42. The number of methoxy groups -OCH3 is 1.